The number of nitrogens with one attached hydrogen (secondary N) is 2. The Kier molecular flexibility index (Phi) is 4.44. The number of piperazine rings is 1. The highest BCUT2D eigenvalue weighted by molar-refractivity contribution is 7.90. The summed E-state index contributed by atoms with van der Waals surface area (Å²) < 4.78 is 28.6. The molecule has 0 spiro atoms. The van der Waals surface area contributed by atoms with Gasteiger partial charge < -0.3 is 5.32 Å². The summed E-state index contributed by atoms with van der Waals surface area (Å²) in [5, 5.41) is 3.14. The van der Waals surface area contributed by atoms with Crippen molar-refractivity contribution in [2.45, 2.75) is 19.8 Å². The fourth-order valence-electron chi connectivity index (χ4n) is 2.06. The largest absolute Gasteiger partial charge is 0.314 e. The number of benzene rings is 1. The second kappa shape index (κ2) is 5.90. The van der Waals surface area contributed by atoms with Crippen LogP contribution in [0.25, 0.3) is 0 Å². The van der Waals surface area contributed by atoms with Crippen molar-refractivity contribution in [1.29, 1.82) is 0 Å². The topological polar surface area (TPSA) is 61.4 Å². The van der Waals surface area contributed by atoms with Gasteiger partial charge in [-0.3, -0.25) is 4.72 Å². The lowest BCUT2D eigenvalue weighted by atomic mass is 10.0. The van der Waals surface area contributed by atoms with Gasteiger partial charge in [-0.2, -0.15) is 12.7 Å². The van der Waals surface area contributed by atoms with Crippen molar-refractivity contribution in [3.8, 4) is 0 Å². The Labute approximate surface area is 115 Å². The third-order valence-corrected chi connectivity index (χ3v) is 4.75. The minimum absolute atomic E-state index is 0.378. The molecule has 1 aromatic rings. The minimum atomic E-state index is -3.44. The normalized spacial score (nSPS) is 17.6. The Morgan fingerprint density at radius 2 is 1.95 bits per heavy atom. The van der Waals surface area contributed by atoms with E-state index in [0.29, 0.717) is 37.8 Å². The fourth-order valence-corrected chi connectivity index (χ4v) is 3.28. The summed E-state index contributed by atoms with van der Waals surface area (Å²) in [5.74, 6) is 0.378. The van der Waals surface area contributed by atoms with Gasteiger partial charge in [0.15, 0.2) is 0 Å². The number of anilines is 1. The molecule has 1 aromatic carbocycles. The lowest BCUT2D eigenvalue weighted by Crippen LogP contribution is -2.48. The van der Waals surface area contributed by atoms with E-state index in [9.17, 15) is 8.42 Å². The first-order valence-corrected chi connectivity index (χ1v) is 8.01. The maximum absolute atomic E-state index is 12.2. The summed E-state index contributed by atoms with van der Waals surface area (Å²) in [7, 11) is -3.44. The van der Waals surface area contributed by atoms with Crippen LogP contribution in [0.1, 0.15) is 25.3 Å². The summed E-state index contributed by atoms with van der Waals surface area (Å²) in [6.45, 7) is 6.60. The molecule has 2 rings (SSSR count). The molecule has 106 valence electrons. The summed E-state index contributed by atoms with van der Waals surface area (Å²) >= 11 is 0. The van der Waals surface area contributed by atoms with Crippen LogP contribution in [0.2, 0.25) is 0 Å². The smallest absolute Gasteiger partial charge is 0.301 e. The predicted octanol–water partition coefficient (Wildman–Crippen LogP) is 1.37. The van der Waals surface area contributed by atoms with E-state index in [1.54, 1.807) is 6.07 Å². The highest BCUT2D eigenvalue weighted by atomic mass is 32.2. The molecule has 0 bridgehead atoms. The standard InChI is InChI=1S/C13H21N3O2S/c1-11(2)12-4-3-5-13(10-12)15-19(17,18)16-8-6-14-7-9-16/h3-5,10-11,14-15H,6-9H2,1-2H3. The fraction of sp³-hybridized carbons (Fsp3) is 0.538. The van der Waals surface area contributed by atoms with E-state index in [0.717, 1.165) is 5.56 Å². The minimum Gasteiger partial charge on any atom is -0.314 e. The molecule has 2 N–H and O–H groups in total. The van der Waals surface area contributed by atoms with Crippen LogP contribution in [0.4, 0.5) is 5.69 Å². The molecule has 0 atom stereocenters. The highest BCUT2D eigenvalue weighted by Gasteiger charge is 2.23. The molecular formula is C13H21N3O2S. The van der Waals surface area contributed by atoms with E-state index in [-0.39, 0.29) is 0 Å². The molecule has 0 amide bonds. The van der Waals surface area contributed by atoms with Gasteiger partial charge in [0.1, 0.15) is 0 Å². The average Bonchev–Trinajstić information content (AvgIpc) is 2.39. The maximum Gasteiger partial charge on any atom is 0.301 e. The zero-order valence-corrected chi connectivity index (χ0v) is 12.2. The van der Waals surface area contributed by atoms with Crippen molar-refractivity contribution in [3.63, 3.8) is 0 Å². The summed E-state index contributed by atoms with van der Waals surface area (Å²) in [6.07, 6.45) is 0. The van der Waals surface area contributed by atoms with E-state index < -0.39 is 10.2 Å². The molecule has 1 aliphatic heterocycles. The molecule has 0 radical (unpaired) electrons. The van der Waals surface area contributed by atoms with Crippen molar-refractivity contribution in [3.05, 3.63) is 29.8 Å². The van der Waals surface area contributed by atoms with E-state index >= 15 is 0 Å². The molecule has 19 heavy (non-hydrogen) atoms. The van der Waals surface area contributed by atoms with Gasteiger partial charge in [0.25, 0.3) is 0 Å². The van der Waals surface area contributed by atoms with Crippen LogP contribution in [-0.2, 0) is 10.2 Å². The first-order valence-electron chi connectivity index (χ1n) is 6.57. The van der Waals surface area contributed by atoms with Gasteiger partial charge in [0.05, 0.1) is 5.69 Å². The van der Waals surface area contributed by atoms with Crippen molar-refractivity contribution in [1.82, 2.24) is 9.62 Å². The van der Waals surface area contributed by atoms with Crippen LogP contribution in [0, 0.1) is 0 Å². The molecule has 0 saturated carbocycles. The summed E-state index contributed by atoms with van der Waals surface area (Å²) in [4.78, 5) is 0. The number of hydrogen-bond donors (Lipinski definition) is 2. The highest BCUT2D eigenvalue weighted by Crippen LogP contribution is 2.20. The zero-order chi connectivity index (χ0) is 13.9. The van der Waals surface area contributed by atoms with Gasteiger partial charge in [-0.25, -0.2) is 0 Å². The van der Waals surface area contributed by atoms with Crippen LogP contribution in [0.3, 0.4) is 0 Å². The van der Waals surface area contributed by atoms with Crippen molar-refractivity contribution < 1.29 is 8.42 Å². The third-order valence-electron chi connectivity index (χ3n) is 3.22. The van der Waals surface area contributed by atoms with Crippen molar-refractivity contribution in [2.75, 3.05) is 30.9 Å². The molecular weight excluding hydrogens is 262 g/mol. The first-order chi connectivity index (χ1) is 8.99. The van der Waals surface area contributed by atoms with Gasteiger partial charge in [-0.05, 0) is 23.6 Å². The lowest BCUT2D eigenvalue weighted by molar-refractivity contribution is 0.362. The molecule has 1 aliphatic rings. The van der Waals surface area contributed by atoms with E-state index in [4.69, 9.17) is 0 Å². The number of rotatable bonds is 4. The average molecular weight is 283 g/mol. The quantitative estimate of drug-likeness (QED) is 0.877. The summed E-state index contributed by atoms with van der Waals surface area (Å²) in [6, 6.07) is 7.56. The lowest BCUT2D eigenvalue weighted by Gasteiger charge is -2.27. The van der Waals surface area contributed by atoms with Crippen LogP contribution >= 0.6 is 0 Å². The first kappa shape index (κ1) is 14.3. The molecule has 0 unspecified atom stereocenters. The molecule has 0 aromatic heterocycles. The van der Waals surface area contributed by atoms with Crippen LogP contribution < -0.4 is 10.0 Å². The Hall–Kier alpha value is -1.11. The number of nitrogens with zero attached hydrogens (tertiary/aromatic N) is 1. The van der Waals surface area contributed by atoms with Gasteiger partial charge in [-0.1, -0.05) is 26.0 Å². The SMILES string of the molecule is CC(C)c1cccc(NS(=O)(=O)N2CCNCC2)c1. The van der Waals surface area contributed by atoms with E-state index in [1.165, 1.54) is 4.31 Å². The monoisotopic (exact) mass is 283 g/mol. The van der Waals surface area contributed by atoms with Gasteiger partial charge >= 0.3 is 10.2 Å². The third kappa shape index (κ3) is 3.68. The van der Waals surface area contributed by atoms with E-state index in [2.05, 4.69) is 23.9 Å². The molecule has 1 fully saturated rings. The zero-order valence-electron chi connectivity index (χ0n) is 11.4. The summed E-state index contributed by atoms with van der Waals surface area (Å²) in [5.41, 5.74) is 1.75. The van der Waals surface area contributed by atoms with Gasteiger partial charge in [0, 0.05) is 26.2 Å². The Balaban J connectivity index is 2.13. The molecule has 5 nitrogen and oxygen atoms in total. The van der Waals surface area contributed by atoms with Crippen LogP contribution in [-0.4, -0.2) is 38.9 Å². The molecule has 0 aliphatic carbocycles. The second-order valence-corrected chi connectivity index (χ2v) is 6.71. The van der Waals surface area contributed by atoms with Crippen LogP contribution in [0.5, 0.6) is 0 Å². The molecule has 6 heteroatoms. The molecule has 1 heterocycles. The predicted molar refractivity (Wildman–Crippen MR) is 77.5 cm³/mol. The van der Waals surface area contributed by atoms with Crippen molar-refractivity contribution >= 4 is 15.9 Å². The van der Waals surface area contributed by atoms with Gasteiger partial charge in [-0.15, -0.1) is 0 Å². The number of hydrogen-bond acceptors (Lipinski definition) is 3. The second-order valence-electron chi connectivity index (χ2n) is 5.04. The van der Waals surface area contributed by atoms with Crippen LogP contribution in [0.15, 0.2) is 24.3 Å². The van der Waals surface area contributed by atoms with E-state index in [1.807, 2.05) is 18.2 Å². The Morgan fingerprint density at radius 3 is 2.58 bits per heavy atom. The molecule has 1 saturated heterocycles. The maximum atomic E-state index is 12.2. The van der Waals surface area contributed by atoms with Gasteiger partial charge in [0.2, 0.25) is 0 Å². The van der Waals surface area contributed by atoms with Crippen molar-refractivity contribution in [2.24, 2.45) is 0 Å². The Morgan fingerprint density at radius 1 is 1.26 bits per heavy atom. The Bertz CT molecular complexity index is 522.